The van der Waals surface area contributed by atoms with Crippen LogP contribution in [0.5, 0.6) is 0 Å². The summed E-state index contributed by atoms with van der Waals surface area (Å²) >= 11 is 1.34. The number of piperidine rings is 1. The van der Waals surface area contributed by atoms with E-state index in [0.717, 1.165) is 25.3 Å². The highest BCUT2D eigenvalue weighted by molar-refractivity contribution is 8.00. The summed E-state index contributed by atoms with van der Waals surface area (Å²) in [4.78, 5) is 24.9. The van der Waals surface area contributed by atoms with E-state index < -0.39 is 0 Å². The van der Waals surface area contributed by atoms with Gasteiger partial charge in [0.25, 0.3) is 0 Å². The van der Waals surface area contributed by atoms with Gasteiger partial charge >= 0.3 is 0 Å². The van der Waals surface area contributed by atoms with Crippen LogP contribution in [0.4, 0.5) is 0 Å². The summed E-state index contributed by atoms with van der Waals surface area (Å²) in [6, 6.07) is 0.467. The molecular formula is C13H22N2O2S. The first-order valence-electron chi connectivity index (χ1n) is 6.84. The highest BCUT2D eigenvalue weighted by Crippen LogP contribution is 2.35. The van der Waals surface area contributed by atoms with Crippen LogP contribution in [0, 0.1) is 5.92 Å². The van der Waals surface area contributed by atoms with Gasteiger partial charge in [-0.15, -0.1) is 11.8 Å². The number of nitrogens with zero attached hydrogens (tertiary/aromatic N) is 1. The van der Waals surface area contributed by atoms with Crippen LogP contribution in [0.2, 0.25) is 0 Å². The van der Waals surface area contributed by atoms with Crippen molar-refractivity contribution in [3.8, 4) is 0 Å². The molecule has 1 aliphatic carbocycles. The number of carbonyl (C=O) groups excluding carboxylic acids is 2. The van der Waals surface area contributed by atoms with Crippen molar-refractivity contribution in [1.82, 2.24) is 4.90 Å². The summed E-state index contributed by atoms with van der Waals surface area (Å²) < 4.78 is 0. The van der Waals surface area contributed by atoms with Gasteiger partial charge in [-0.25, -0.2) is 0 Å². The first-order valence-corrected chi connectivity index (χ1v) is 7.99. The molecule has 1 heterocycles. The highest BCUT2D eigenvalue weighted by Gasteiger charge is 2.35. The fraction of sp³-hybridized carbons (Fsp3) is 0.846. The largest absolute Gasteiger partial charge is 0.369 e. The van der Waals surface area contributed by atoms with Gasteiger partial charge in [-0.2, -0.15) is 0 Å². The monoisotopic (exact) mass is 270 g/mol. The third-order valence-corrected chi connectivity index (χ3v) is 4.97. The lowest BCUT2D eigenvalue weighted by Crippen LogP contribution is -2.50. The Morgan fingerprint density at radius 1 is 1.11 bits per heavy atom. The number of likely N-dealkylation sites (tertiary alicyclic amines) is 1. The predicted octanol–water partition coefficient (Wildman–Crippen LogP) is 1.39. The fourth-order valence-corrected chi connectivity index (χ4v) is 3.90. The predicted molar refractivity (Wildman–Crippen MR) is 73.2 cm³/mol. The number of carbonyl (C=O) groups is 2. The Labute approximate surface area is 113 Å². The molecule has 2 aliphatic rings. The third kappa shape index (κ3) is 3.40. The maximum absolute atomic E-state index is 12.2. The molecule has 0 unspecified atom stereocenters. The van der Waals surface area contributed by atoms with E-state index in [4.69, 9.17) is 5.73 Å². The first-order chi connectivity index (χ1) is 8.68. The molecule has 0 aromatic rings. The van der Waals surface area contributed by atoms with Gasteiger partial charge in [-0.3, -0.25) is 9.59 Å². The Hall–Kier alpha value is -0.710. The molecule has 1 aliphatic heterocycles. The number of fused-ring (bicyclic) bond motifs is 1. The molecule has 102 valence electrons. The summed E-state index contributed by atoms with van der Waals surface area (Å²) in [6.45, 7) is 0.900. The van der Waals surface area contributed by atoms with Gasteiger partial charge in [0.1, 0.15) is 0 Å². The molecule has 0 aromatic heterocycles. The number of primary amides is 1. The molecule has 4 nitrogen and oxygen atoms in total. The zero-order valence-corrected chi connectivity index (χ0v) is 11.6. The maximum Gasteiger partial charge on any atom is 0.232 e. The van der Waals surface area contributed by atoms with E-state index in [1.807, 2.05) is 0 Å². The van der Waals surface area contributed by atoms with Gasteiger partial charge in [0, 0.05) is 12.6 Å². The molecule has 0 bridgehead atoms. The van der Waals surface area contributed by atoms with Crippen LogP contribution in [0.15, 0.2) is 0 Å². The number of hydrogen-bond donors (Lipinski definition) is 1. The van der Waals surface area contributed by atoms with E-state index in [1.54, 1.807) is 0 Å². The average molecular weight is 270 g/mol. The van der Waals surface area contributed by atoms with E-state index in [1.165, 1.54) is 37.4 Å². The van der Waals surface area contributed by atoms with Crippen molar-refractivity contribution in [3.63, 3.8) is 0 Å². The van der Waals surface area contributed by atoms with Gasteiger partial charge in [0.05, 0.1) is 11.5 Å². The molecule has 2 N–H and O–H groups in total. The second-order valence-corrected chi connectivity index (χ2v) is 6.29. The molecule has 18 heavy (non-hydrogen) atoms. The minimum absolute atomic E-state index is 0.192. The van der Waals surface area contributed by atoms with Gasteiger partial charge < -0.3 is 10.6 Å². The zero-order chi connectivity index (χ0) is 13.0. The molecule has 2 fully saturated rings. The van der Waals surface area contributed by atoms with Crippen molar-refractivity contribution < 1.29 is 9.59 Å². The quantitative estimate of drug-likeness (QED) is 0.839. The second-order valence-electron chi connectivity index (χ2n) is 5.30. The van der Waals surface area contributed by atoms with Gasteiger partial charge in [0.2, 0.25) is 11.8 Å². The molecule has 1 saturated heterocycles. The first kappa shape index (κ1) is 13.7. The number of hydrogen-bond acceptors (Lipinski definition) is 3. The van der Waals surface area contributed by atoms with E-state index in [2.05, 4.69) is 4.90 Å². The molecule has 5 heteroatoms. The van der Waals surface area contributed by atoms with Crippen LogP contribution >= 0.6 is 11.8 Å². The lowest BCUT2D eigenvalue weighted by Gasteiger charge is -2.44. The smallest absolute Gasteiger partial charge is 0.232 e. The number of nitrogens with two attached hydrogens (primary N) is 1. The Balaban J connectivity index is 1.85. The third-order valence-electron chi connectivity index (χ3n) is 4.03. The van der Waals surface area contributed by atoms with E-state index >= 15 is 0 Å². The summed E-state index contributed by atoms with van der Waals surface area (Å²) in [5, 5.41) is 0. The van der Waals surface area contributed by atoms with Crippen molar-refractivity contribution in [2.24, 2.45) is 11.7 Å². The SMILES string of the molecule is NC(=O)CSCC(=O)N1CCC[C@H]2CCCC[C@H]21. The minimum atomic E-state index is -0.345. The van der Waals surface area contributed by atoms with Crippen LogP contribution < -0.4 is 5.73 Å². The van der Waals surface area contributed by atoms with Crippen LogP contribution in [0.3, 0.4) is 0 Å². The fourth-order valence-electron chi connectivity index (χ4n) is 3.26. The molecule has 2 rings (SSSR count). The van der Waals surface area contributed by atoms with Crippen LogP contribution in [0.25, 0.3) is 0 Å². The van der Waals surface area contributed by atoms with Crippen molar-refractivity contribution >= 4 is 23.6 Å². The maximum atomic E-state index is 12.2. The molecule has 0 radical (unpaired) electrons. The molecule has 1 saturated carbocycles. The Morgan fingerprint density at radius 2 is 1.83 bits per heavy atom. The topological polar surface area (TPSA) is 63.4 Å². The van der Waals surface area contributed by atoms with E-state index in [0.29, 0.717) is 11.8 Å². The molecule has 0 spiro atoms. The number of amides is 2. The Bertz CT molecular complexity index is 320. The Morgan fingerprint density at radius 3 is 2.61 bits per heavy atom. The highest BCUT2D eigenvalue weighted by atomic mass is 32.2. The molecule has 2 amide bonds. The van der Waals surface area contributed by atoms with Gasteiger partial charge in [-0.05, 0) is 31.6 Å². The lowest BCUT2D eigenvalue weighted by molar-refractivity contribution is -0.134. The molecular weight excluding hydrogens is 248 g/mol. The standard InChI is InChI=1S/C13H22N2O2S/c14-12(16)8-18-9-13(17)15-7-3-5-10-4-1-2-6-11(10)15/h10-11H,1-9H2,(H2,14,16)/t10-,11-/m1/s1. The van der Waals surface area contributed by atoms with Crippen LogP contribution in [-0.4, -0.2) is 40.8 Å². The van der Waals surface area contributed by atoms with Gasteiger partial charge in [-0.1, -0.05) is 12.8 Å². The van der Waals surface area contributed by atoms with Gasteiger partial charge in [0.15, 0.2) is 0 Å². The second kappa shape index (κ2) is 6.45. The summed E-state index contributed by atoms with van der Waals surface area (Å²) in [5.41, 5.74) is 5.08. The summed E-state index contributed by atoms with van der Waals surface area (Å²) in [6.07, 6.45) is 7.43. The lowest BCUT2D eigenvalue weighted by atomic mass is 9.78. The summed E-state index contributed by atoms with van der Waals surface area (Å²) in [5.74, 6) is 1.21. The normalized spacial score (nSPS) is 27.7. The summed E-state index contributed by atoms with van der Waals surface area (Å²) in [7, 11) is 0. The van der Waals surface area contributed by atoms with Crippen molar-refractivity contribution in [1.29, 1.82) is 0 Å². The van der Waals surface area contributed by atoms with Crippen LogP contribution in [0.1, 0.15) is 38.5 Å². The zero-order valence-electron chi connectivity index (χ0n) is 10.8. The number of rotatable bonds is 4. The average Bonchev–Trinajstić information content (AvgIpc) is 2.37. The van der Waals surface area contributed by atoms with Crippen molar-refractivity contribution in [2.45, 2.75) is 44.6 Å². The van der Waals surface area contributed by atoms with E-state index in [9.17, 15) is 9.59 Å². The van der Waals surface area contributed by atoms with Crippen molar-refractivity contribution in [2.75, 3.05) is 18.1 Å². The number of thioether (sulfide) groups is 1. The van der Waals surface area contributed by atoms with E-state index in [-0.39, 0.29) is 17.6 Å². The molecule has 0 aromatic carbocycles. The molecule has 2 atom stereocenters. The van der Waals surface area contributed by atoms with Crippen molar-refractivity contribution in [3.05, 3.63) is 0 Å². The minimum Gasteiger partial charge on any atom is -0.369 e. The Kier molecular flexibility index (Phi) is 4.92. The van der Waals surface area contributed by atoms with Crippen LogP contribution in [-0.2, 0) is 9.59 Å².